The highest BCUT2D eigenvalue weighted by Crippen LogP contribution is 2.32. The van der Waals surface area contributed by atoms with E-state index in [0.29, 0.717) is 27.8 Å². The number of pyridine rings is 4. The summed E-state index contributed by atoms with van der Waals surface area (Å²) in [5, 5.41) is 0. The van der Waals surface area contributed by atoms with Crippen LogP contribution in [-0.2, 0) is 28.2 Å². The number of aromatic nitrogens is 4. The summed E-state index contributed by atoms with van der Waals surface area (Å²) < 4.78 is 123. The van der Waals surface area contributed by atoms with Crippen LogP contribution in [0.15, 0.2) is 255 Å². The lowest BCUT2D eigenvalue weighted by atomic mass is 9.97. The number of benzene rings is 8. The Kier molecular flexibility index (Phi) is 14.2. The smallest absolute Gasteiger partial charge is 0.201 e. The second-order valence-electron chi connectivity index (χ2n) is 21.8. The fourth-order valence-electron chi connectivity index (χ4n) is 10.9. The van der Waals surface area contributed by atoms with Crippen LogP contribution in [0, 0.1) is 68.9 Å². The molecule has 0 aliphatic carbocycles. The monoisotopic (exact) mass is 1140 g/mol. The van der Waals surface area contributed by atoms with Crippen LogP contribution in [0.2, 0.25) is 0 Å². The second kappa shape index (κ2) is 27.8. The van der Waals surface area contributed by atoms with Gasteiger partial charge in [0, 0.05) is 89.3 Å². The Morgan fingerprint density at radius 3 is 1.05 bits per heavy atom. The number of hydrogen-bond donors (Lipinski definition) is 0. The molecule has 428 valence electrons. The van der Waals surface area contributed by atoms with Crippen molar-refractivity contribution in [1.82, 2.24) is 0 Å². The lowest BCUT2D eigenvalue weighted by molar-refractivity contribution is -0.660. The molecule has 86 heavy (non-hydrogen) atoms. The van der Waals surface area contributed by atoms with Gasteiger partial charge in [-0.15, -0.1) is 0 Å². The molecular formula is C82H84N4+4. The summed E-state index contributed by atoms with van der Waals surface area (Å²) in [5.74, 6) is 0. The molecule has 4 aromatic heterocycles. The van der Waals surface area contributed by atoms with Gasteiger partial charge in [0.15, 0.2) is 24.8 Å². The Morgan fingerprint density at radius 1 is 0.221 bits per heavy atom. The topological polar surface area (TPSA) is 15.5 Å². The zero-order valence-electron chi connectivity index (χ0n) is 65.5. The molecule has 8 aromatic carbocycles. The van der Waals surface area contributed by atoms with Crippen LogP contribution in [0.4, 0.5) is 0 Å². The van der Waals surface area contributed by atoms with Crippen LogP contribution < -0.4 is 18.3 Å². The van der Waals surface area contributed by atoms with E-state index in [0.717, 1.165) is 84.0 Å². The molecule has 0 radical (unpaired) electrons. The molecule has 0 saturated carbocycles. The predicted octanol–water partition coefficient (Wildman–Crippen LogP) is 18.5. The van der Waals surface area contributed by atoms with E-state index < -0.39 is 34.3 Å². The van der Waals surface area contributed by atoms with Crippen molar-refractivity contribution in [2.45, 2.75) is 68.9 Å². The van der Waals surface area contributed by atoms with Crippen LogP contribution in [-0.4, -0.2) is 0 Å². The first-order valence-corrected chi connectivity index (χ1v) is 28.7. The minimum Gasteiger partial charge on any atom is -0.201 e. The summed E-state index contributed by atoms with van der Waals surface area (Å²) in [6, 6.07) is 74.3. The standard InChI is InChI=1S/2C21H22N.2C20H20N/c1-15-10-11-19(16(2)12-15)21-13-20(17(3)14-22(21)4)18-8-6-5-7-9-18;1-15-10-11-19(16(2)12-15)21-13-17(3)20(14-22(21)4)18-8-6-5-7-9-18;1-15-9-7-8-12-18(15)20-13-19(16(2)14-21(20)3)17-10-5-4-6-11-17;1-15-9-12-20(21(3)14-15)19-11-10-18(13-16(19)2)17-7-5-4-6-8-17/h2*5-14H,1-4H3;2*4-14H,1-3H3/q4*+1/i1D3,3D3;1D3;2D3;1D3. The Balaban J connectivity index is 0.000000157. The molecule has 0 amide bonds. The highest BCUT2D eigenvalue weighted by Gasteiger charge is 2.20. The zero-order valence-corrected chi connectivity index (χ0v) is 50.5. The highest BCUT2D eigenvalue weighted by atomic mass is 14.9. The van der Waals surface area contributed by atoms with Gasteiger partial charge in [0.2, 0.25) is 22.8 Å². The lowest BCUT2D eigenvalue weighted by Gasteiger charge is -2.10. The third-order valence-electron chi connectivity index (χ3n) is 15.5. The highest BCUT2D eigenvalue weighted by molar-refractivity contribution is 5.75. The SMILES string of the molecule is [2H]C([2H])([2H])c1c[n+](C)c(-c2ccccc2C)cc1-c1ccccc1.[2H]C([2H])([2H])c1ccc(-c2cc(-c3ccccc3)c(C([2H])([2H])[2H])c[n+]2C)c(C)c1.[2H]C([2H])([2H])c1ccc(-c2cc(C)c(-c3ccccc3)c[n+]2C)c(C)c1.[2H]C([2H])([2H])c1ccc(-c2ccc(-c3ccccc3)cc2C)[n+](C)c1. The van der Waals surface area contributed by atoms with E-state index in [9.17, 15) is 0 Å². The number of aryl methyl sites for hydroxylation is 14. The summed E-state index contributed by atoms with van der Waals surface area (Å²) in [7, 11) is 7.61. The molecule has 4 nitrogen and oxygen atoms in total. The Hall–Kier alpha value is -9.64. The summed E-state index contributed by atoms with van der Waals surface area (Å²) >= 11 is 0. The molecule has 0 spiro atoms. The normalized spacial score (nSPS) is 14.0. The molecule has 4 heterocycles. The van der Waals surface area contributed by atoms with E-state index in [4.69, 9.17) is 20.6 Å². The summed E-state index contributed by atoms with van der Waals surface area (Å²) in [4.78, 5) is 0. The maximum Gasteiger partial charge on any atom is 0.213 e. The molecule has 0 atom stereocenters. The van der Waals surface area contributed by atoms with E-state index >= 15 is 0 Å². The zero-order chi connectivity index (χ0) is 73.5. The molecule has 0 N–H and O–H groups in total. The number of hydrogen-bond acceptors (Lipinski definition) is 0. The molecule has 4 heteroatoms. The van der Waals surface area contributed by atoms with Gasteiger partial charge in [-0.1, -0.05) is 187 Å². The molecular weight excluding hydrogens is 1040 g/mol. The van der Waals surface area contributed by atoms with Crippen molar-refractivity contribution in [3.8, 4) is 89.5 Å². The summed E-state index contributed by atoms with van der Waals surface area (Å²) in [5.41, 5.74) is 22.9. The van der Waals surface area contributed by atoms with Gasteiger partial charge >= 0.3 is 0 Å². The maximum atomic E-state index is 7.93. The van der Waals surface area contributed by atoms with E-state index in [1.54, 1.807) is 66.6 Å². The van der Waals surface area contributed by atoms with Crippen molar-refractivity contribution in [2.24, 2.45) is 28.2 Å². The van der Waals surface area contributed by atoms with Crippen molar-refractivity contribution in [2.75, 3.05) is 0 Å². The van der Waals surface area contributed by atoms with Crippen LogP contribution in [0.3, 0.4) is 0 Å². The average molecular weight is 1140 g/mol. The van der Waals surface area contributed by atoms with E-state index in [-0.39, 0.29) is 5.56 Å². The van der Waals surface area contributed by atoms with Gasteiger partial charge in [-0.25, -0.2) is 18.3 Å². The van der Waals surface area contributed by atoms with Crippen LogP contribution in [0.5, 0.6) is 0 Å². The first-order chi connectivity index (χ1) is 47.5. The lowest BCUT2D eigenvalue weighted by Crippen LogP contribution is -2.31. The number of rotatable bonds is 8. The Labute approximate surface area is 534 Å². The molecule has 0 aliphatic heterocycles. The molecule has 0 fully saturated rings. The van der Waals surface area contributed by atoms with Crippen LogP contribution in [0.25, 0.3) is 89.5 Å². The van der Waals surface area contributed by atoms with Gasteiger partial charge in [-0.3, -0.25) is 0 Å². The van der Waals surface area contributed by atoms with Crippen molar-refractivity contribution >= 4 is 0 Å². The molecule has 0 unspecified atom stereocenters. The Morgan fingerprint density at radius 2 is 0.593 bits per heavy atom. The largest absolute Gasteiger partial charge is 0.213 e. The first-order valence-electron chi connectivity index (χ1n) is 36.2. The van der Waals surface area contributed by atoms with Crippen molar-refractivity contribution in [3.05, 3.63) is 311 Å². The average Bonchev–Trinajstić information content (AvgIpc) is 0.790. The predicted molar refractivity (Wildman–Crippen MR) is 361 cm³/mol. The van der Waals surface area contributed by atoms with Gasteiger partial charge in [-0.2, -0.15) is 0 Å². The van der Waals surface area contributed by atoms with Crippen molar-refractivity contribution in [1.29, 1.82) is 0 Å². The molecule has 0 aliphatic rings. The fourth-order valence-corrected chi connectivity index (χ4v) is 10.9. The van der Waals surface area contributed by atoms with Gasteiger partial charge in [-0.05, 0) is 166 Å². The van der Waals surface area contributed by atoms with Crippen LogP contribution in [0.1, 0.15) is 76.2 Å². The molecule has 12 rings (SSSR count). The van der Waals surface area contributed by atoms with E-state index in [1.807, 2.05) is 178 Å². The number of nitrogens with zero attached hydrogens (tertiary/aromatic N) is 4. The molecule has 0 bridgehead atoms. The van der Waals surface area contributed by atoms with Crippen molar-refractivity contribution in [3.63, 3.8) is 0 Å². The minimum atomic E-state index is -2.25. The van der Waals surface area contributed by atoms with Gasteiger partial charge < -0.3 is 0 Å². The van der Waals surface area contributed by atoms with Crippen LogP contribution >= 0.6 is 0 Å². The summed E-state index contributed by atoms with van der Waals surface area (Å²) in [6.07, 6.45) is 7.20. The Bertz CT molecular complexity index is 4890. The van der Waals surface area contributed by atoms with Gasteiger partial charge in [0.25, 0.3) is 0 Å². The molecule has 12 aromatic rings. The second-order valence-corrected chi connectivity index (χ2v) is 21.8. The first kappa shape index (κ1) is 43.9. The van der Waals surface area contributed by atoms with E-state index in [2.05, 4.69) is 92.2 Å². The maximum absolute atomic E-state index is 7.93. The van der Waals surface area contributed by atoms with E-state index in [1.165, 1.54) is 27.8 Å². The molecule has 0 saturated heterocycles. The summed E-state index contributed by atoms with van der Waals surface area (Å²) in [6.45, 7) is -0.635. The fraction of sp³-hybridized carbons (Fsp3) is 0.171. The van der Waals surface area contributed by atoms with Crippen molar-refractivity contribution < 1.29 is 38.8 Å². The minimum absolute atomic E-state index is 0.279. The third kappa shape index (κ3) is 14.6. The third-order valence-corrected chi connectivity index (χ3v) is 15.5. The van der Waals surface area contributed by atoms with Gasteiger partial charge in [0.1, 0.15) is 28.2 Å². The van der Waals surface area contributed by atoms with Gasteiger partial charge in [0.05, 0.1) is 0 Å². The quantitative estimate of drug-likeness (QED) is 0.135.